The van der Waals surface area contributed by atoms with Gasteiger partial charge in [-0.25, -0.2) is 4.79 Å². The second-order valence-electron chi connectivity index (χ2n) is 3.51. The highest BCUT2D eigenvalue weighted by Gasteiger charge is 1.97. The lowest BCUT2D eigenvalue weighted by atomic mass is 10.1. The van der Waals surface area contributed by atoms with Gasteiger partial charge in [0, 0.05) is 11.1 Å². The molecule has 0 aliphatic rings. The van der Waals surface area contributed by atoms with Crippen LogP contribution in [0.4, 0.5) is 0 Å². The predicted octanol–water partition coefficient (Wildman–Crippen LogP) is 3.61. The van der Waals surface area contributed by atoms with Crippen LogP contribution in [-0.4, -0.2) is 12.6 Å². The van der Waals surface area contributed by atoms with Crippen LogP contribution >= 0.6 is 11.6 Å². The highest BCUT2D eigenvalue weighted by molar-refractivity contribution is 6.31. The summed E-state index contributed by atoms with van der Waals surface area (Å²) in [6, 6.07) is 5.64. The summed E-state index contributed by atoms with van der Waals surface area (Å²) in [5, 5.41) is 0.698. The quantitative estimate of drug-likeness (QED) is 0.592. The van der Waals surface area contributed by atoms with Gasteiger partial charge in [-0.15, -0.1) is 0 Å². The molecule has 0 aliphatic heterocycles. The van der Waals surface area contributed by atoms with Crippen LogP contribution in [0.1, 0.15) is 24.5 Å². The lowest BCUT2D eigenvalue weighted by Gasteiger charge is -1.99. The first-order valence-electron chi connectivity index (χ1n) is 5.24. The molecule has 16 heavy (non-hydrogen) atoms. The topological polar surface area (TPSA) is 26.3 Å². The zero-order chi connectivity index (χ0) is 12.0. The Kier molecular flexibility index (Phi) is 5.06. The van der Waals surface area contributed by atoms with Crippen molar-refractivity contribution in [2.75, 3.05) is 6.61 Å². The van der Waals surface area contributed by atoms with Crippen LogP contribution in [-0.2, 0) is 9.53 Å². The molecule has 0 radical (unpaired) electrons. The minimum Gasteiger partial charge on any atom is -0.463 e. The predicted molar refractivity (Wildman–Crippen MR) is 66.5 cm³/mol. The van der Waals surface area contributed by atoms with Crippen molar-refractivity contribution in [3.63, 3.8) is 0 Å². The third-order valence-corrected chi connectivity index (χ3v) is 2.46. The molecule has 0 N–H and O–H groups in total. The Morgan fingerprint density at radius 2 is 2.25 bits per heavy atom. The van der Waals surface area contributed by atoms with Gasteiger partial charge >= 0.3 is 5.97 Å². The van der Waals surface area contributed by atoms with Crippen molar-refractivity contribution in [3.05, 3.63) is 40.4 Å². The molecular formula is C13H15ClO2. The lowest BCUT2D eigenvalue weighted by molar-refractivity contribution is -0.137. The number of aryl methyl sites for hydroxylation is 1. The van der Waals surface area contributed by atoms with Crippen LogP contribution in [0.25, 0.3) is 6.08 Å². The van der Waals surface area contributed by atoms with Gasteiger partial charge in [0.2, 0.25) is 0 Å². The van der Waals surface area contributed by atoms with Crippen molar-refractivity contribution in [1.29, 1.82) is 0 Å². The maximum Gasteiger partial charge on any atom is 0.330 e. The van der Waals surface area contributed by atoms with Crippen molar-refractivity contribution < 1.29 is 9.53 Å². The van der Waals surface area contributed by atoms with E-state index in [1.165, 1.54) is 6.08 Å². The van der Waals surface area contributed by atoms with Crippen LogP contribution in [0.15, 0.2) is 24.3 Å². The summed E-state index contributed by atoms with van der Waals surface area (Å²) in [4.78, 5) is 11.2. The molecule has 2 nitrogen and oxygen atoms in total. The molecule has 0 aliphatic carbocycles. The minimum atomic E-state index is -0.321. The fraction of sp³-hybridized carbons (Fsp3) is 0.308. The molecule has 0 heterocycles. The van der Waals surface area contributed by atoms with Gasteiger partial charge in [-0.2, -0.15) is 0 Å². The van der Waals surface area contributed by atoms with Crippen LogP contribution in [0.3, 0.4) is 0 Å². The van der Waals surface area contributed by atoms with Crippen LogP contribution in [0, 0.1) is 6.92 Å². The molecule has 1 aromatic carbocycles. The van der Waals surface area contributed by atoms with E-state index in [0.29, 0.717) is 11.6 Å². The fourth-order valence-corrected chi connectivity index (χ4v) is 1.32. The Hall–Kier alpha value is -1.28. The molecule has 0 fully saturated rings. The monoisotopic (exact) mass is 238 g/mol. The van der Waals surface area contributed by atoms with Gasteiger partial charge in [0.15, 0.2) is 0 Å². The Balaban J connectivity index is 2.62. The van der Waals surface area contributed by atoms with Crippen LogP contribution in [0.5, 0.6) is 0 Å². The Bertz CT molecular complexity index is 397. The van der Waals surface area contributed by atoms with Gasteiger partial charge in [-0.05, 0) is 36.6 Å². The first kappa shape index (κ1) is 12.8. The second kappa shape index (κ2) is 6.33. The van der Waals surface area contributed by atoms with E-state index in [2.05, 4.69) is 0 Å². The van der Waals surface area contributed by atoms with Crippen molar-refractivity contribution in [3.8, 4) is 0 Å². The number of hydrogen-bond acceptors (Lipinski definition) is 2. The van der Waals surface area contributed by atoms with Crippen LogP contribution < -0.4 is 0 Å². The highest BCUT2D eigenvalue weighted by atomic mass is 35.5. The van der Waals surface area contributed by atoms with Crippen molar-refractivity contribution in [2.24, 2.45) is 0 Å². The largest absolute Gasteiger partial charge is 0.463 e. The second-order valence-corrected chi connectivity index (χ2v) is 3.92. The number of carbonyl (C=O) groups is 1. The molecule has 1 rings (SSSR count). The van der Waals surface area contributed by atoms with Gasteiger partial charge in [0.05, 0.1) is 6.61 Å². The molecule has 0 amide bonds. The molecule has 3 heteroatoms. The molecule has 0 aromatic heterocycles. The fourth-order valence-electron chi connectivity index (χ4n) is 1.13. The zero-order valence-corrected chi connectivity index (χ0v) is 10.3. The van der Waals surface area contributed by atoms with Crippen LogP contribution in [0.2, 0.25) is 5.02 Å². The van der Waals surface area contributed by atoms with E-state index in [1.54, 1.807) is 6.08 Å². The molecule has 0 spiro atoms. The molecule has 1 aromatic rings. The standard InChI is InChI=1S/C13H15ClO2/c1-3-8-16-13(15)7-6-11-5-4-10(2)12(14)9-11/h4-7,9H,3,8H2,1-2H3. The number of benzene rings is 1. The molecule has 0 atom stereocenters. The average molecular weight is 239 g/mol. The van der Waals surface area contributed by atoms with Gasteiger partial charge in [-0.1, -0.05) is 30.7 Å². The van der Waals surface area contributed by atoms with Gasteiger partial charge in [0.25, 0.3) is 0 Å². The van der Waals surface area contributed by atoms with E-state index in [1.807, 2.05) is 32.0 Å². The number of hydrogen-bond donors (Lipinski definition) is 0. The maximum absolute atomic E-state index is 11.2. The van der Waals surface area contributed by atoms with E-state index >= 15 is 0 Å². The van der Waals surface area contributed by atoms with Crippen molar-refractivity contribution in [1.82, 2.24) is 0 Å². The zero-order valence-electron chi connectivity index (χ0n) is 9.50. The third kappa shape index (κ3) is 4.07. The maximum atomic E-state index is 11.2. The molecule has 0 bridgehead atoms. The van der Waals surface area contributed by atoms with E-state index < -0.39 is 0 Å². The van der Waals surface area contributed by atoms with Gasteiger partial charge in [-0.3, -0.25) is 0 Å². The minimum absolute atomic E-state index is 0.321. The van der Waals surface area contributed by atoms with E-state index in [0.717, 1.165) is 17.5 Å². The Labute approximate surface area is 101 Å². The molecule has 0 saturated carbocycles. The third-order valence-electron chi connectivity index (χ3n) is 2.06. The summed E-state index contributed by atoms with van der Waals surface area (Å²) < 4.78 is 4.91. The number of halogens is 1. The lowest BCUT2D eigenvalue weighted by Crippen LogP contribution is -2.00. The summed E-state index contributed by atoms with van der Waals surface area (Å²) >= 11 is 5.96. The average Bonchev–Trinajstić information content (AvgIpc) is 2.28. The molecular weight excluding hydrogens is 224 g/mol. The summed E-state index contributed by atoms with van der Waals surface area (Å²) in [6.07, 6.45) is 3.94. The van der Waals surface area contributed by atoms with Gasteiger partial charge in [0.1, 0.15) is 0 Å². The summed E-state index contributed by atoms with van der Waals surface area (Å²) in [5.74, 6) is -0.321. The molecule has 0 saturated heterocycles. The number of rotatable bonds is 4. The highest BCUT2D eigenvalue weighted by Crippen LogP contribution is 2.17. The molecule has 0 unspecified atom stereocenters. The first-order chi connectivity index (χ1) is 7.63. The van der Waals surface area contributed by atoms with Crippen molar-refractivity contribution in [2.45, 2.75) is 20.3 Å². The summed E-state index contributed by atoms with van der Waals surface area (Å²) in [7, 11) is 0. The Morgan fingerprint density at radius 3 is 2.88 bits per heavy atom. The van der Waals surface area contributed by atoms with Crippen molar-refractivity contribution >= 4 is 23.6 Å². The number of carbonyl (C=O) groups excluding carboxylic acids is 1. The first-order valence-corrected chi connectivity index (χ1v) is 5.62. The van der Waals surface area contributed by atoms with E-state index in [9.17, 15) is 4.79 Å². The molecule has 86 valence electrons. The number of esters is 1. The summed E-state index contributed by atoms with van der Waals surface area (Å²) in [6.45, 7) is 4.35. The smallest absolute Gasteiger partial charge is 0.330 e. The number of ether oxygens (including phenoxy) is 1. The van der Waals surface area contributed by atoms with E-state index in [-0.39, 0.29) is 5.97 Å². The summed E-state index contributed by atoms with van der Waals surface area (Å²) in [5.41, 5.74) is 1.91. The van der Waals surface area contributed by atoms with Gasteiger partial charge < -0.3 is 4.74 Å². The van der Waals surface area contributed by atoms with E-state index in [4.69, 9.17) is 16.3 Å². The SMILES string of the molecule is CCCOC(=O)C=Cc1ccc(C)c(Cl)c1. The normalized spacial score (nSPS) is 10.7. The Morgan fingerprint density at radius 1 is 1.50 bits per heavy atom.